The fourth-order valence-electron chi connectivity index (χ4n) is 3.43. The molecule has 3 N–H and O–H groups in total. The lowest BCUT2D eigenvalue weighted by Crippen LogP contribution is -2.45. The third-order valence-electron chi connectivity index (χ3n) is 4.70. The second kappa shape index (κ2) is 7.75. The van der Waals surface area contributed by atoms with Gasteiger partial charge in [-0.15, -0.1) is 0 Å². The van der Waals surface area contributed by atoms with Gasteiger partial charge in [0.05, 0.1) is 19.1 Å². The number of hydrogen-bond acceptors (Lipinski definition) is 4. The number of hydrogen-bond donors (Lipinski definition) is 2. The van der Waals surface area contributed by atoms with E-state index in [9.17, 15) is 9.59 Å². The van der Waals surface area contributed by atoms with E-state index in [1.165, 1.54) is 0 Å². The molecule has 1 heterocycles. The van der Waals surface area contributed by atoms with Crippen LogP contribution in [0, 0.1) is 11.8 Å². The number of carboxylic acid groups (broad SMARTS) is 1. The van der Waals surface area contributed by atoms with Gasteiger partial charge in [0.2, 0.25) is 5.91 Å². The largest absolute Gasteiger partial charge is 0.481 e. The van der Waals surface area contributed by atoms with Crippen molar-refractivity contribution >= 4 is 11.9 Å². The van der Waals surface area contributed by atoms with E-state index in [-0.39, 0.29) is 31.0 Å². The van der Waals surface area contributed by atoms with Crippen LogP contribution in [0.3, 0.4) is 0 Å². The molecule has 0 radical (unpaired) electrons. The summed E-state index contributed by atoms with van der Waals surface area (Å²) in [5.74, 6) is -0.120. The number of likely N-dealkylation sites (tertiary alicyclic amines) is 1. The number of rotatable bonds is 6. The average molecular weight is 298 g/mol. The number of aliphatic carboxylic acids is 1. The van der Waals surface area contributed by atoms with Gasteiger partial charge >= 0.3 is 5.97 Å². The van der Waals surface area contributed by atoms with E-state index in [4.69, 9.17) is 15.6 Å². The molecule has 2 atom stereocenters. The van der Waals surface area contributed by atoms with Gasteiger partial charge < -0.3 is 20.5 Å². The Bertz CT molecular complexity index is 367. The van der Waals surface area contributed by atoms with Crippen molar-refractivity contribution in [3.63, 3.8) is 0 Å². The quantitative estimate of drug-likeness (QED) is 0.758. The zero-order valence-corrected chi connectivity index (χ0v) is 12.5. The Labute approximate surface area is 125 Å². The van der Waals surface area contributed by atoms with Crippen molar-refractivity contribution in [2.24, 2.45) is 17.6 Å². The van der Waals surface area contributed by atoms with Crippen molar-refractivity contribution in [2.45, 2.75) is 44.6 Å². The first-order valence-electron chi connectivity index (χ1n) is 7.94. The highest BCUT2D eigenvalue weighted by atomic mass is 16.5. The lowest BCUT2D eigenvalue weighted by atomic mass is 9.93. The maximum absolute atomic E-state index is 12.5. The van der Waals surface area contributed by atoms with Gasteiger partial charge in [-0.05, 0) is 38.1 Å². The standard InChI is InChI=1S/C15H26N2O4/c16-10-11-2-1-3-13(11)15(20)17-7-4-12(5-8-17)21-9-6-14(18)19/h11-13H,1-10,16H2,(H,18,19). The molecule has 6 nitrogen and oxygen atoms in total. The van der Waals surface area contributed by atoms with Gasteiger partial charge in [0.25, 0.3) is 0 Å². The zero-order chi connectivity index (χ0) is 15.2. The third-order valence-corrected chi connectivity index (χ3v) is 4.70. The lowest BCUT2D eigenvalue weighted by Gasteiger charge is -2.34. The first-order valence-corrected chi connectivity index (χ1v) is 7.94. The summed E-state index contributed by atoms with van der Waals surface area (Å²) in [7, 11) is 0. The van der Waals surface area contributed by atoms with Crippen molar-refractivity contribution < 1.29 is 19.4 Å². The minimum absolute atomic E-state index is 0.0411. The van der Waals surface area contributed by atoms with Crippen LogP contribution in [0.1, 0.15) is 38.5 Å². The molecular weight excluding hydrogens is 272 g/mol. The van der Waals surface area contributed by atoms with E-state index < -0.39 is 5.97 Å². The molecule has 21 heavy (non-hydrogen) atoms. The lowest BCUT2D eigenvalue weighted by molar-refractivity contribution is -0.140. The number of ether oxygens (including phenoxy) is 1. The Morgan fingerprint density at radius 3 is 2.52 bits per heavy atom. The van der Waals surface area contributed by atoms with Crippen molar-refractivity contribution in [3.8, 4) is 0 Å². The molecule has 6 heteroatoms. The van der Waals surface area contributed by atoms with Crippen molar-refractivity contribution in [1.29, 1.82) is 0 Å². The molecule has 2 fully saturated rings. The molecule has 0 aromatic carbocycles. The van der Waals surface area contributed by atoms with Crippen molar-refractivity contribution in [2.75, 3.05) is 26.2 Å². The normalized spacial score (nSPS) is 27.0. The predicted molar refractivity (Wildman–Crippen MR) is 77.7 cm³/mol. The number of nitrogens with zero attached hydrogens (tertiary/aromatic N) is 1. The monoisotopic (exact) mass is 298 g/mol. The van der Waals surface area contributed by atoms with E-state index in [0.717, 1.165) is 32.1 Å². The third kappa shape index (κ3) is 4.41. The zero-order valence-electron chi connectivity index (χ0n) is 12.5. The first-order chi connectivity index (χ1) is 10.1. The summed E-state index contributed by atoms with van der Waals surface area (Å²) >= 11 is 0. The van der Waals surface area contributed by atoms with Crippen LogP contribution in [0.2, 0.25) is 0 Å². The summed E-state index contributed by atoms with van der Waals surface area (Å²) in [6.07, 6.45) is 4.86. The summed E-state index contributed by atoms with van der Waals surface area (Å²) < 4.78 is 5.55. The second-order valence-electron chi connectivity index (χ2n) is 6.07. The summed E-state index contributed by atoms with van der Waals surface area (Å²) in [6.45, 7) is 2.28. The molecule has 1 aliphatic heterocycles. The molecule has 0 spiro atoms. The van der Waals surface area contributed by atoms with Gasteiger partial charge in [0.15, 0.2) is 0 Å². The molecule has 2 rings (SSSR count). The molecular formula is C15H26N2O4. The van der Waals surface area contributed by atoms with Crippen LogP contribution in [0.4, 0.5) is 0 Å². The maximum Gasteiger partial charge on any atom is 0.305 e. The molecule has 0 aromatic rings. The van der Waals surface area contributed by atoms with Gasteiger partial charge in [-0.1, -0.05) is 6.42 Å². The van der Waals surface area contributed by atoms with Crippen LogP contribution in [0.15, 0.2) is 0 Å². The van der Waals surface area contributed by atoms with Crippen molar-refractivity contribution in [1.82, 2.24) is 4.90 Å². The van der Waals surface area contributed by atoms with Crippen LogP contribution >= 0.6 is 0 Å². The second-order valence-corrected chi connectivity index (χ2v) is 6.07. The van der Waals surface area contributed by atoms with E-state index in [1.54, 1.807) is 0 Å². The number of carboxylic acids is 1. The summed E-state index contributed by atoms with van der Waals surface area (Å²) in [4.78, 5) is 24.9. The fourth-order valence-corrected chi connectivity index (χ4v) is 3.43. The summed E-state index contributed by atoms with van der Waals surface area (Å²) in [5, 5.41) is 8.58. The topological polar surface area (TPSA) is 92.9 Å². The summed E-state index contributed by atoms with van der Waals surface area (Å²) in [5.41, 5.74) is 5.75. The maximum atomic E-state index is 12.5. The number of carbonyl (C=O) groups excluding carboxylic acids is 1. The molecule has 1 aliphatic carbocycles. The van der Waals surface area contributed by atoms with Gasteiger partial charge in [-0.2, -0.15) is 0 Å². The van der Waals surface area contributed by atoms with Crippen LogP contribution in [0.5, 0.6) is 0 Å². The van der Waals surface area contributed by atoms with Crippen molar-refractivity contribution in [3.05, 3.63) is 0 Å². The average Bonchev–Trinajstić information content (AvgIpc) is 2.95. The number of piperidine rings is 1. The highest BCUT2D eigenvalue weighted by Gasteiger charge is 2.35. The molecule has 0 aromatic heterocycles. The Balaban J connectivity index is 1.73. The van der Waals surface area contributed by atoms with Crippen LogP contribution < -0.4 is 5.73 Å². The predicted octanol–water partition coefficient (Wildman–Crippen LogP) is 0.844. The van der Waals surface area contributed by atoms with E-state index in [0.29, 0.717) is 25.6 Å². The minimum Gasteiger partial charge on any atom is -0.481 e. The molecule has 120 valence electrons. The van der Waals surface area contributed by atoms with Gasteiger partial charge in [0.1, 0.15) is 0 Å². The Hall–Kier alpha value is -1.14. The van der Waals surface area contributed by atoms with E-state index in [2.05, 4.69) is 0 Å². The highest BCUT2D eigenvalue weighted by Crippen LogP contribution is 2.33. The van der Waals surface area contributed by atoms with E-state index >= 15 is 0 Å². The molecule has 1 saturated heterocycles. The van der Waals surface area contributed by atoms with Gasteiger partial charge in [-0.25, -0.2) is 0 Å². The van der Waals surface area contributed by atoms with Crippen LogP contribution in [-0.2, 0) is 14.3 Å². The van der Waals surface area contributed by atoms with Crippen LogP contribution in [0.25, 0.3) is 0 Å². The molecule has 0 bridgehead atoms. The highest BCUT2D eigenvalue weighted by molar-refractivity contribution is 5.79. The molecule has 1 saturated carbocycles. The van der Waals surface area contributed by atoms with E-state index in [1.807, 2.05) is 4.90 Å². The Morgan fingerprint density at radius 2 is 1.90 bits per heavy atom. The van der Waals surface area contributed by atoms with Crippen LogP contribution in [-0.4, -0.2) is 54.2 Å². The number of amides is 1. The molecule has 1 amide bonds. The SMILES string of the molecule is NCC1CCCC1C(=O)N1CCC(OCCC(=O)O)CC1. The number of nitrogens with two attached hydrogens (primary N) is 1. The Kier molecular flexibility index (Phi) is 5.99. The van der Waals surface area contributed by atoms with Gasteiger partial charge in [0, 0.05) is 19.0 Å². The number of carbonyl (C=O) groups is 2. The Morgan fingerprint density at radius 1 is 1.19 bits per heavy atom. The smallest absolute Gasteiger partial charge is 0.305 e. The van der Waals surface area contributed by atoms with Gasteiger partial charge in [-0.3, -0.25) is 9.59 Å². The first kappa shape index (κ1) is 16.2. The molecule has 2 aliphatic rings. The molecule has 2 unspecified atom stereocenters. The minimum atomic E-state index is -0.836. The fraction of sp³-hybridized carbons (Fsp3) is 0.867. The summed E-state index contributed by atoms with van der Waals surface area (Å²) in [6, 6.07) is 0.